The maximum Gasteiger partial charge on any atom is 0.247 e. The Morgan fingerprint density at radius 1 is 0.800 bits per heavy atom. The summed E-state index contributed by atoms with van der Waals surface area (Å²) in [6, 6.07) is 25.3. The molecule has 4 heteroatoms. The Balaban J connectivity index is 1.75. The van der Waals surface area contributed by atoms with Crippen molar-refractivity contribution in [2.45, 2.75) is 6.54 Å². The van der Waals surface area contributed by atoms with Gasteiger partial charge in [0.1, 0.15) is 0 Å². The molecule has 0 fully saturated rings. The molecule has 2 aromatic heterocycles. The monoisotopic (exact) mass is 325 g/mol. The van der Waals surface area contributed by atoms with Crippen LogP contribution in [0.5, 0.6) is 0 Å². The zero-order valence-corrected chi connectivity index (χ0v) is 13.5. The highest BCUT2D eigenvalue weighted by molar-refractivity contribution is 6.09. The van der Waals surface area contributed by atoms with Crippen LogP contribution < -0.4 is 0 Å². The van der Waals surface area contributed by atoms with Gasteiger partial charge in [-0.15, -0.1) is 10.2 Å². The van der Waals surface area contributed by atoms with Gasteiger partial charge in [-0.2, -0.15) is 0 Å². The third-order valence-corrected chi connectivity index (χ3v) is 4.56. The van der Waals surface area contributed by atoms with E-state index in [9.17, 15) is 0 Å². The van der Waals surface area contributed by atoms with E-state index in [1.165, 1.54) is 33.8 Å². The summed E-state index contributed by atoms with van der Waals surface area (Å²) in [5.74, 6) is 0.543. The Kier molecular flexibility index (Phi) is 3.13. The largest absolute Gasteiger partial charge is 0.423 e. The molecule has 5 rings (SSSR count). The zero-order valence-electron chi connectivity index (χ0n) is 13.5. The fourth-order valence-electron chi connectivity index (χ4n) is 3.42. The van der Waals surface area contributed by atoms with Crippen LogP contribution in [0, 0.1) is 0 Å². The molecule has 0 N–H and O–H groups in total. The number of benzene rings is 3. The molecule has 0 unspecified atom stereocenters. The van der Waals surface area contributed by atoms with Crippen molar-refractivity contribution < 1.29 is 4.42 Å². The summed E-state index contributed by atoms with van der Waals surface area (Å²) in [6.45, 7) is 0.838. The summed E-state index contributed by atoms with van der Waals surface area (Å²) >= 11 is 0. The lowest BCUT2D eigenvalue weighted by Gasteiger charge is -2.08. The van der Waals surface area contributed by atoms with Crippen LogP contribution in [0.3, 0.4) is 0 Å². The lowest BCUT2D eigenvalue weighted by atomic mass is 10.1. The molecule has 0 aliphatic carbocycles. The topological polar surface area (TPSA) is 43.9 Å². The quantitative estimate of drug-likeness (QED) is 0.474. The molecule has 0 aliphatic rings. The first-order chi connectivity index (χ1) is 12.4. The second-order valence-electron chi connectivity index (χ2n) is 6.06. The Morgan fingerprint density at radius 3 is 2.44 bits per heavy atom. The van der Waals surface area contributed by atoms with E-state index in [1.807, 2.05) is 12.1 Å². The number of para-hydroxylation sites is 1. The highest BCUT2D eigenvalue weighted by Crippen LogP contribution is 2.32. The van der Waals surface area contributed by atoms with Crippen LogP contribution in [0.25, 0.3) is 33.3 Å². The summed E-state index contributed by atoms with van der Waals surface area (Å²) in [4.78, 5) is 0. The molecular formula is C21H15N3O. The predicted molar refractivity (Wildman–Crippen MR) is 98.3 cm³/mol. The minimum Gasteiger partial charge on any atom is -0.423 e. The number of hydrogen-bond donors (Lipinski definition) is 0. The highest BCUT2D eigenvalue weighted by Gasteiger charge is 2.13. The molecule has 3 aromatic carbocycles. The van der Waals surface area contributed by atoms with E-state index in [2.05, 4.69) is 75.4 Å². The fourth-order valence-corrected chi connectivity index (χ4v) is 3.42. The van der Waals surface area contributed by atoms with Gasteiger partial charge in [-0.05, 0) is 29.8 Å². The van der Waals surface area contributed by atoms with Crippen molar-refractivity contribution in [3.05, 3.63) is 84.8 Å². The van der Waals surface area contributed by atoms with Crippen molar-refractivity contribution in [2.24, 2.45) is 0 Å². The molecule has 4 nitrogen and oxygen atoms in total. The van der Waals surface area contributed by atoms with Crippen molar-refractivity contribution in [1.29, 1.82) is 0 Å². The Morgan fingerprint density at radius 2 is 1.60 bits per heavy atom. The third kappa shape index (κ3) is 2.31. The SMILES string of the molecule is c1ccc(Cn2c3ccccc3c3cc(-c4nnco4)ccc32)cc1. The molecule has 0 atom stereocenters. The number of rotatable bonds is 3. The standard InChI is InChI=1S/C21H15N3O/c1-2-6-15(7-3-1)13-24-19-9-5-4-8-17(19)18-12-16(10-11-20(18)24)21-23-22-14-25-21/h1-12,14H,13H2. The van der Waals surface area contributed by atoms with Crippen LogP contribution in [-0.2, 0) is 6.54 Å². The number of hydrogen-bond acceptors (Lipinski definition) is 3. The number of aromatic nitrogens is 3. The number of nitrogens with zero attached hydrogens (tertiary/aromatic N) is 3. The molecule has 25 heavy (non-hydrogen) atoms. The lowest BCUT2D eigenvalue weighted by Crippen LogP contribution is -1.98. The molecule has 120 valence electrons. The first-order valence-corrected chi connectivity index (χ1v) is 8.21. The van der Waals surface area contributed by atoms with Crippen molar-refractivity contribution in [1.82, 2.24) is 14.8 Å². The van der Waals surface area contributed by atoms with Crippen LogP contribution in [0.1, 0.15) is 5.56 Å². The zero-order chi connectivity index (χ0) is 16.6. The molecule has 0 saturated carbocycles. The summed E-state index contributed by atoms with van der Waals surface area (Å²) in [5.41, 5.74) is 4.65. The van der Waals surface area contributed by atoms with Gasteiger partial charge in [0.15, 0.2) is 0 Å². The molecule has 0 bridgehead atoms. The minimum atomic E-state index is 0.543. The highest BCUT2D eigenvalue weighted by atomic mass is 16.4. The smallest absolute Gasteiger partial charge is 0.247 e. The maximum atomic E-state index is 5.35. The normalized spacial score (nSPS) is 11.4. The van der Waals surface area contributed by atoms with Crippen LogP contribution >= 0.6 is 0 Å². The molecule has 0 aliphatic heterocycles. The minimum absolute atomic E-state index is 0.543. The number of fused-ring (bicyclic) bond motifs is 3. The van der Waals surface area contributed by atoms with E-state index >= 15 is 0 Å². The molecular weight excluding hydrogens is 310 g/mol. The van der Waals surface area contributed by atoms with Gasteiger partial charge in [-0.25, -0.2) is 0 Å². The third-order valence-electron chi connectivity index (χ3n) is 4.56. The van der Waals surface area contributed by atoms with E-state index in [-0.39, 0.29) is 0 Å². The van der Waals surface area contributed by atoms with E-state index in [1.54, 1.807) is 0 Å². The van der Waals surface area contributed by atoms with Gasteiger partial charge in [0, 0.05) is 33.9 Å². The fraction of sp³-hybridized carbons (Fsp3) is 0.0476. The van der Waals surface area contributed by atoms with Crippen LogP contribution in [0.15, 0.2) is 83.6 Å². The molecule has 0 saturated heterocycles. The molecule has 0 spiro atoms. The van der Waals surface area contributed by atoms with Gasteiger partial charge >= 0.3 is 0 Å². The Labute approximate surface area is 144 Å². The molecule has 5 aromatic rings. The van der Waals surface area contributed by atoms with E-state index in [4.69, 9.17) is 4.42 Å². The summed E-state index contributed by atoms with van der Waals surface area (Å²) in [7, 11) is 0. The van der Waals surface area contributed by atoms with Gasteiger partial charge < -0.3 is 8.98 Å². The van der Waals surface area contributed by atoms with Gasteiger partial charge in [-0.3, -0.25) is 0 Å². The van der Waals surface area contributed by atoms with Crippen LogP contribution in [0.2, 0.25) is 0 Å². The lowest BCUT2D eigenvalue weighted by molar-refractivity contribution is 0.569. The molecule has 2 heterocycles. The van der Waals surface area contributed by atoms with E-state index < -0.39 is 0 Å². The first kappa shape index (κ1) is 14.0. The van der Waals surface area contributed by atoms with Crippen molar-refractivity contribution >= 4 is 21.8 Å². The predicted octanol–water partition coefficient (Wildman–Crippen LogP) is 4.89. The summed E-state index contributed by atoms with van der Waals surface area (Å²) in [6.07, 6.45) is 1.36. The summed E-state index contributed by atoms with van der Waals surface area (Å²) < 4.78 is 7.71. The summed E-state index contributed by atoms with van der Waals surface area (Å²) in [5, 5.41) is 10.2. The second-order valence-corrected chi connectivity index (χ2v) is 6.06. The van der Waals surface area contributed by atoms with Gasteiger partial charge in [0.25, 0.3) is 0 Å². The Hall–Kier alpha value is -3.40. The van der Waals surface area contributed by atoms with E-state index in [0.717, 1.165) is 12.1 Å². The average molecular weight is 325 g/mol. The average Bonchev–Trinajstić information content (AvgIpc) is 3.30. The molecule has 0 amide bonds. The van der Waals surface area contributed by atoms with Crippen molar-refractivity contribution in [2.75, 3.05) is 0 Å². The van der Waals surface area contributed by atoms with Crippen LogP contribution in [-0.4, -0.2) is 14.8 Å². The Bertz CT molecular complexity index is 1160. The first-order valence-electron chi connectivity index (χ1n) is 8.21. The van der Waals surface area contributed by atoms with Gasteiger partial charge in [-0.1, -0.05) is 48.5 Å². The van der Waals surface area contributed by atoms with Crippen LogP contribution in [0.4, 0.5) is 0 Å². The van der Waals surface area contributed by atoms with Gasteiger partial charge in [0.05, 0.1) is 0 Å². The van der Waals surface area contributed by atoms with Crippen molar-refractivity contribution in [3.8, 4) is 11.5 Å². The second kappa shape index (κ2) is 5.60. The van der Waals surface area contributed by atoms with Crippen molar-refractivity contribution in [3.63, 3.8) is 0 Å². The maximum absolute atomic E-state index is 5.35. The van der Waals surface area contributed by atoms with Gasteiger partial charge in [0.2, 0.25) is 12.3 Å². The van der Waals surface area contributed by atoms with E-state index in [0.29, 0.717) is 5.89 Å². The molecule has 0 radical (unpaired) electrons.